The quantitative estimate of drug-likeness (QED) is 0.847. The Morgan fingerprint density at radius 3 is 2.59 bits per heavy atom. The van der Waals surface area contributed by atoms with Crippen molar-refractivity contribution in [2.24, 2.45) is 5.73 Å². The van der Waals surface area contributed by atoms with Crippen molar-refractivity contribution in [2.45, 2.75) is 18.9 Å². The minimum absolute atomic E-state index is 0. The highest BCUT2D eigenvalue weighted by molar-refractivity contribution is 5.85. The van der Waals surface area contributed by atoms with Gasteiger partial charge in [0, 0.05) is 25.3 Å². The molecule has 0 radical (unpaired) electrons. The van der Waals surface area contributed by atoms with Crippen LogP contribution in [0.1, 0.15) is 18.4 Å². The lowest BCUT2D eigenvalue weighted by atomic mass is 10.1. The van der Waals surface area contributed by atoms with Crippen LogP contribution in [0.2, 0.25) is 0 Å². The predicted octanol–water partition coefficient (Wildman–Crippen LogP) is 1.72. The number of pyridine rings is 1. The first-order valence-corrected chi connectivity index (χ1v) is 5.17. The molecule has 2 N–H and O–H groups in total. The topological polar surface area (TPSA) is 65.9 Å². The van der Waals surface area contributed by atoms with Gasteiger partial charge < -0.3 is 10.6 Å². The maximum absolute atomic E-state index is 8.96. The number of nitriles is 1. The van der Waals surface area contributed by atoms with Gasteiger partial charge in [-0.2, -0.15) is 5.26 Å². The average molecular weight is 275 g/mol. The van der Waals surface area contributed by atoms with Crippen LogP contribution in [0.3, 0.4) is 0 Å². The van der Waals surface area contributed by atoms with Crippen LogP contribution in [0.5, 0.6) is 0 Å². The van der Waals surface area contributed by atoms with Gasteiger partial charge in [-0.05, 0) is 25.0 Å². The molecule has 6 heteroatoms. The van der Waals surface area contributed by atoms with Crippen LogP contribution in [0.15, 0.2) is 18.3 Å². The minimum atomic E-state index is 0. The second-order valence-corrected chi connectivity index (χ2v) is 3.81. The monoisotopic (exact) mass is 274 g/mol. The summed E-state index contributed by atoms with van der Waals surface area (Å²) in [5.74, 6) is 0.798. The van der Waals surface area contributed by atoms with Gasteiger partial charge in [-0.3, -0.25) is 0 Å². The molecule has 1 aliphatic heterocycles. The largest absolute Gasteiger partial charge is 0.355 e. The fourth-order valence-electron chi connectivity index (χ4n) is 1.85. The molecule has 2 rings (SSSR count). The first-order valence-electron chi connectivity index (χ1n) is 5.17. The van der Waals surface area contributed by atoms with Gasteiger partial charge in [0.1, 0.15) is 11.9 Å². The number of nitrogens with two attached hydrogens (primary N) is 1. The Morgan fingerprint density at radius 2 is 2.00 bits per heavy atom. The molecule has 1 aromatic heterocycles. The highest BCUT2D eigenvalue weighted by Gasteiger charge is 2.19. The van der Waals surface area contributed by atoms with Crippen molar-refractivity contribution < 1.29 is 0 Å². The van der Waals surface area contributed by atoms with Crippen molar-refractivity contribution >= 4 is 30.6 Å². The number of aromatic nitrogens is 1. The lowest BCUT2D eigenvalue weighted by Gasteiger charge is -2.31. The summed E-state index contributed by atoms with van der Waals surface area (Å²) in [7, 11) is 0. The van der Waals surface area contributed by atoms with Crippen LogP contribution in [-0.2, 0) is 0 Å². The average Bonchev–Trinajstić information content (AvgIpc) is 2.30. The Kier molecular flexibility index (Phi) is 6.89. The summed E-state index contributed by atoms with van der Waals surface area (Å²) in [6.07, 6.45) is 3.67. The van der Waals surface area contributed by atoms with Gasteiger partial charge in [-0.1, -0.05) is 0 Å². The second-order valence-electron chi connectivity index (χ2n) is 3.81. The van der Waals surface area contributed by atoms with Crippen molar-refractivity contribution in [3.05, 3.63) is 23.9 Å². The molecule has 0 saturated carbocycles. The van der Waals surface area contributed by atoms with Gasteiger partial charge in [-0.15, -0.1) is 24.8 Å². The van der Waals surface area contributed by atoms with Crippen LogP contribution in [0.4, 0.5) is 5.82 Å². The number of anilines is 1. The Balaban J connectivity index is 0.00000128. The third-order valence-corrected chi connectivity index (χ3v) is 2.75. The maximum atomic E-state index is 8.96. The SMILES string of the molecule is Cl.Cl.N#Cc1cccnc1N1CCC(N)CC1. The molecule has 17 heavy (non-hydrogen) atoms. The number of piperidine rings is 1. The Hall–Kier alpha value is -1.02. The summed E-state index contributed by atoms with van der Waals surface area (Å²) >= 11 is 0. The fraction of sp³-hybridized carbons (Fsp3) is 0.455. The third kappa shape index (κ3) is 3.74. The van der Waals surface area contributed by atoms with Crippen LogP contribution in [0, 0.1) is 11.3 Å². The maximum Gasteiger partial charge on any atom is 0.146 e. The summed E-state index contributed by atoms with van der Waals surface area (Å²) in [5, 5.41) is 8.96. The first-order chi connectivity index (χ1) is 7.31. The zero-order valence-electron chi connectivity index (χ0n) is 9.37. The first kappa shape index (κ1) is 16.0. The van der Waals surface area contributed by atoms with Crippen molar-refractivity contribution in [1.29, 1.82) is 5.26 Å². The summed E-state index contributed by atoms with van der Waals surface area (Å²) in [6.45, 7) is 1.79. The summed E-state index contributed by atoms with van der Waals surface area (Å²) in [4.78, 5) is 6.40. The minimum Gasteiger partial charge on any atom is -0.355 e. The summed E-state index contributed by atoms with van der Waals surface area (Å²) in [5.41, 5.74) is 6.48. The van der Waals surface area contributed by atoms with E-state index >= 15 is 0 Å². The predicted molar refractivity (Wildman–Crippen MR) is 72.9 cm³/mol. The van der Waals surface area contributed by atoms with E-state index < -0.39 is 0 Å². The van der Waals surface area contributed by atoms with Gasteiger partial charge in [-0.25, -0.2) is 4.98 Å². The van der Waals surface area contributed by atoms with Crippen molar-refractivity contribution in [2.75, 3.05) is 18.0 Å². The molecule has 0 aromatic carbocycles. The molecule has 0 aliphatic carbocycles. The van der Waals surface area contributed by atoms with Crippen LogP contribution >= 0.6 is 24.8 Å². The molecule has 0 atom stereocenters. The van der Waals surface area contributed by atoms with Gasteiger partial charge in [0.2, 0.25) is 0 Å². The van der Waals surface area contributed by atoms with E-state index in [1.54, 1.807) is 18.3 Å². The fourth-order valence-corrected chi connectivity index (χ4v) is 1.85. The molecule has 1 fully saturated rings. The van der Waals surface area contributed by atoms with Gasteiger partial charge >= 0.3 is 0 Å². The van der Waals surface area contributed by atoms with Gasteiger partial charge in [0.25, 0.3) is 0 Å². The molecular weight excluding hydrogens is 259 g/mol. The molecule has 1 aliphatic rings. The van der Waals surface area contributed by atoms with Crippen LogP contribution in [0.25, 0.3) is 0 Å². The van der Waals surface area contributed by atoms with E-state index in [0.29, 0.717) is 11.6 Å². The molecule has 0 unspecified atom stereocenters. The van der Waals surface area contributed by atoms with E-state index in [2.05, 4.69) is 16.0 Å². The van der Waals surface area contributed by atoms with E-state index in [1.807, 2.05) is 0 Å². The summed E-state index contributed by atoms with van der Waals surface area (Å²) < 4.78 is 0. The lowest BCUT2D eigenvalue weighted by molar-refractivity contribution is 0.498. The summed E-state index contributed by atoms with van der Waals surface area (Å²) in [6, 6.07) is 6.06. The van der Waals surface area contributed by atoms with Crippen LogP contribution in [-0.4, -0.2) is 24.1 Å². The molecule has 2 heterocycles. The molecule has 94 valence electrons. The standard InChI is InChI=1S/C11H14N4.2ClH/c12-8-9-2-1-5-14-11(9)15-6-3-10(13)4-7-15;;/h1-2,5,10H,3-4,6-7,13H2;2*1H. The number of nitrogens with zero attached hydrogens (tertiary/aromatic N) is 3. The third-order valence-electron chi connectivity index (χ3n) is 2.75. The van der Waals surface area contributed by atoms with Gasteiger partial charge in [0.15, 0.2) is 0 Å². The lowest BCUT2D eigenvalue weighted by Crippen LogP contribution is -2.40. The molecular formula is C11H16Cl2N4. The van der Waals surface area contributed by atoms with E-state index in [0.717, 1.165) is 31.7 Å². The number of hydrogen-bond donors (Lipinski definition) is 1. The number of hydrogen-bond acceptors (Lipinski definition) is 4. The highest BCUT2D eigenvalue weighted by atomic mass is 35.5. The van der Waals surface area contributed by atoms with Crippen molar-refractivity contribution in [1.82, 2.24) is 4.98 Å². The van der Waals surface area contributed by atoms with Crippen molar-refractivity contribution in [3.8, 4) is 6.07 Å². The molecule has 0 amide bonds. The molecule has 1 aromatic rings. The van der Waals surface area contributed by atoms with E-state index in [-0.39, 0.29) is 24.8 Å². The molecule has 1 saturated heterocycles. The van der Waals surface area contributed by atoms with E-state index in [4.69, 9.17) is 11.0 Å². The zero-order chi connectivity index (χ0) is 10.7. The second kappa shape index (κ2) is 7.33. The zero-order valence-corrected chi connectivity index (χ0v) is 11.0. The number of halogens is 2. The molecule has 0 bridgehead atoms. The smallest absolute Gasteiger partial charge is 0.146 e. The van der Waals surface area contributed by atoms with Gasteiger partial charge in [0.05, 0.1) is 5.56 Å². The van der Waals surface area contributed by atoms with E-state index in [9.17, 15) is 0 Å². The Labute approximate surface area is 114 Å². The number of rotatable bonds is 1. The van der Waals surface area contributed by atoms with E-state index in [1.165, 1.54) is 0 Å². The molecule has 4 nitrogen and oxygen atoms in total. The van der Waals surface area contributed by atoms with Crippen LogP contribution < -0.4 is 10.6 Å². The Morgan fingerprint density at radius 1 is 1.35 bits per heavy atom. The van der Waals surface area contributed by atoms with Crippen molar-refractivity contribution in [3.63, 3.8) is 0 Å². The molecule has 0 spiro atoms. The highest BCUT2D eigenvalue weighted by Crippen LogP contribution is 2.20. The Bertz CT molecular complexity index is 383. The normalized spacial score (nSPS) is 15.4.